The second kappa shape index (κ2) is 11.3. The fraction of sp³-hybridized carbons (Fsp3) is 0.250. The average molecular weight is 556 g/mol. The number of hydrogen-bond donors (Lipinski definition) is 0. The van der Waals surface area contributed by atoms with Gasteiger partial charge in [-0.3, -0.25) is 9.69 Å². The number of amides is 1. The molecule has 4 aromatic rings. The predicted octanol–water partition coefficient (Wildman–Crippen LogP) is 8.23. The van der Waals surface area contributed by atoms with Crippen molar-refractivity contribution >= 4 is 57.1 Å². The van der Waals surface area contributed by atoms with E-state index in [9.17, 15) is 4.79 Å². The molecule has 3 aromatic carbocycles. The number of aromatic nitrogens is 1. The molecule has 1 saturated heterocycles. The zero-order valence-corrected chi connectivity index (χ0v) is 23.4. The van der Waals surface area contributed by atoms with Crippen molar-refractivity contribution in [3.05, 3.63) is 100 Å². The maximum atomic E-state index is 13.7. The highest BCUT2D eigenvalue weighted by atomic mass is 35.5. The monoisotopic (exact) mass is 555 g/mol. The summed E-state index contributed by atoms with van der Waals surface area (Å²) in [4.78, 5) is 21.3. The number of aliphatic imine (C=N–C) groups is 1. The Morgan fingerprint density at radius 3 is 2.62 bits per heavy atom. The summed E-state index contributed by atoms with van der Waals surface area (Å²) in [5.74, 6) is 0.862. The number of carbonyl (C=O) groups excluding carboxylic acids is 1. The molecule has 0 atom stereocenters. The van der Waals surface area contributed by atoms with Crippen LogP contribution in [0.1, 0.15) is 36.8 Å². The van der Waals surface area contributed by atoms with E-state index in [1.54, 1.807) is 0 Å². The molecular weight excluding hydrogens is 526 g/mol. The lowest BCUT2D eigenvalue weighted by Crippen LogP contribution is -2.37. The van der Waals surface area contributed by atoms with Crippen molar-refractivity contribution in [2.45, 2.75) is 45.2 Å². The first-order valence-electron chi connectivity index (χ1n) is 13.4. The highest BCUT2D eigenvalue weighted by molar-refractivity contribution is 8.18. The molecule has 2 aliphatic rings. The van der Waals surface area contributed by atoms with E-state index in [1.807, 2.05) is 78.6 Å². The van der Waals surface area contributed by atoms with Gasteiger partial charge >= 0.3 is 0 Å². The molecule has 1 aromatic heterocycles. The molecule has 0 spiro atoms. The van der Waals surface area contributed by atoms with E-state index in [0.717, 1.165) is 69.3 Å². The van der Waals surface area contributed by atoms with Gasteiger partial charge in [-0.15, -0.1) is 0 Å². The summed E-state index contributed by atoms with van der Waals surface area (Å²) in [7, 11) is 0. The van der Waals surface area contributed by atoms with Crippen LogP contribution in [0.25, 0.3) is 17.0 Å². The Morgan fingerprint density at radius 2 is 1.82 bits per heavy atom. The van der Waals surface area contributed by atoms with E-state index in [-0.39, 0.29) is 11.9 Å². The van der Waals surface area contributed by atoms with Crippen molar-refractivity contribution < 1.29 is 9.53 Å². The molecule has 1 aliphatic carbocycles. The number of benzene rings is 3. The van der Waals surface area contributed by atoms with E-state index in [1.165, 1.54) is 11.8 Å². The first kappa shape index (κ1) is 25.8. The summed E-state index contributed by atoms with van der Waals surface area (Å²) in [5, 5.41) is 2.63. The van der Waals surface area contributed by atoms with Crippen LogP contribution in [0.5, 0.6) is 5.75 Å². The zero-order chi connectivity index (χ0) is 26.8. The molecule has 2 heterocycles. The first-order chi connectivity index (χ1) is 19.1. The minimum Gasteiger partial charge on any atom is -0.492 e. The first-order valence-corrected chi connectivity index (χ1v) is 14.6. The Hall–Kier alpha value is -3.48. The number of para-hydroxylation sites is 2. The molecular formula is C32H30ClN3O2S. The highest BCUT2D eigenvalue weighted by Gasteiger charge is 2.39. The SMILES string of the molecule is Cc1cc(OCCn2cc(C=C3SC(=Nc4ccccc4)N(C4CCCC4)C3=O)c3ccccc32)ccc1Cl. The molecule has 39 heavy (non-hydrogen) atoms. The van der Waals surface area contributed by atoms with Crippen LogP contribution in [0, 0.1) is 6.92 Å². The maximum absolute atomic E-state index is 13.7. The molecule has 0 bridgehead atoms. The van der Waals surface area contributed by atoms with Gasteiger partial charge in [0.05, 0.1) is 17.1 Å². The van der Waals surface area contributed by atoms with E-state index in [2.05, 4.69) is 22.9 Å². The standard InChI is InChI=1S/C32H30ClN3O2S/c1-22-19-26(15-16-28(22)33)38-18-17-35-21-23(27-13-7-8-14-29(27)35)20-30-31(37)36(25-11-5-6-12-25)32(39-30)34-24-9-3-2-4-10-24/h2-4,7-10,13-16,19-21,25H,5-6,11-12,17-18H2,1H3. The lowest BCUT2D eigenvalue weighted by molar-refractivity contribution is -0.123. The molecule has 1 amide bonds. The summed E-state index contributed by atoms with van der Waals surface area (Å²) in [6.07, 6.45) is 8.52. The third-order valence-corrected chi connectivity index (χ3v) is 8.75. The number of rotatable bonds is 7. The third kappa shape index (κ3) is 5.49. The summed E-state index contributed by atoms with van der Waals surface area (Å²) >= 11 is 7.63. The van der Waals surface area contributed by atoms with Gasteiger partial charge in [0, 0.05) is 33.7 Å². The molecule has 0 N–H and O–H groups in total. The Kier molecular flexibility index (Phi) is 7.49. The number of aryl methyl sites for hydroxylation is 1. The van der Waals surface area contributed by atoms with Gasteiger partial charge in [-0.05, 0) is 79.6 Å². The quantitative estimate of drug-likeness (QED) is 0.216. The fourth-order valence-electron chi connectivity index (χ4n) is 5.35. The summed E-state index contributed by atoms with van der Waals surface area (Å²) in [5.41, 5.74) is 4.00. The number of hydrogen-bond acceptors (Lipinski definition) is 4. The lowest BCUT2D eigenvalue weighted by atomic mass is 10.1. The highest BCUT2D eigenvalue weighted by Crippen LogP contribution is 2.39. The molecule has 1 aliphatic heterocycles. The normalized spacial score (nSPS) is 18.2. The maximum Gasteiger partial charge on any atom is 0.267 e. The second-order valence-corrected chi connectivity index (χ2v) is 11.4. The number of amidine groups is 1. The summed E-state index contributed by atoms with van der Waals surface area (Å²) in [6, 6.07) is 24.1. The average Bonchev–Trinajstić information content (AvgIpc) is 3.66. The molecule has 0 unspecified atom stereocenters. The molecule has 2 fully saturated rings. The number of fused-ring (bicyclic) bond motifs is 1. The van der Waals surface area contributed by atoms with E-state index in [4.69, 9.17) is 21.3 Å². The molecule has 5 nitrogen and oxygen atoms in total. The van der Waals surface area contributed by atoms with Crippen LogP contribution >= 0.6 is 23.4 Å². The summed E-state index contributed by atoms with van der Waals surface area (Å²) in [6.45, 7) is 3.18. The minimum atomic E-state index is 0.0554. The minimum absolute atomic E-state index is 0.0554. The van der Waals surface area contributed by atoms with Crippen LogP contribution in [0.15, 0.2) is 88.9 Å². The van der Waals surface area contributed by atoms with Crippen LogP contribution in [-0.4, -0.2) is 33.2 Å². The predicted molar refractivity (Wildman–Crippen MR) is 162 cm³/mol. The fourth-order valence-corrected chi connectivity index (χ4v) is 6.51. The number of nitrogens with zero attached hydrogens (tertiary/aromatic N) is 3. The van der Waals surface area contributed by atoms with Gasteiger partial charge in [-0.25, -0.2) is 4.99 Å². The van der Waals surface area contributed by atoms with Gasteiger partial charge in [0.15, 0.2) is 5.17 Å². The van der Waals surface area contributed by atoms with E-state index < -0.39 is 0 Å². The largest absolute Gasteiger partial charge is 0.492 e. The van der Waals surface area contributed by atoms with Crippen LogP contribution < -0.4 is 4.74 Å². The van der Waals surface area contributed by atoms with Gasteiger partial charge in [0.1, 0.15) is 12.4 Å². The lowest BCUT2D eigenvalue weighted by Gasteiger charge is -2.22. The number of ether oxygens (including phenoxy) is 1. The van der Waals surface area contributed by atoms with Crippen LogP contribution in [0.3, 0.4) is 0 Å². The number of halogens is 1. The van der Waals surface area contributed by atoms with Crippen LogP contribution in [0.2, 0.25) is 5.02 Å². The molecule has 198 valence electrons. The Bertz CT molecular complexity index is 1570. The summed E-state index contributed by atoms with van der Waals surface area (Å²) < 4.78 is 8.22. The van der Waals surface area contributed by atoms with Crippen LogP contribution in [-0.2, 0) is 11.3 Å². The van der Waals surface area contributed by atoms with Gasteiger partial charge < -0.3 is 9.30 Å². The third-order valence-electron chi connectivity index (χ3n) is 7.34. The van der Waals surface area contributed by atoms with Crippen molar-refractivity contribution in [1.82, 2.24) is 9.47 Å². The Balaban J connectivity index is 1.28. The van der Waals surface area contributed by atoms with E-state index in [0.29, 0.717) is 18.1 Å². The van der Waals surface area contributed by atoms with Gasteiger partial charge in [0.2, 0.25) is 0 Å². The van der Waals surface area contributed by atoms with Crippen molar-refractivity contribution in [1.29, 1.82) is 0 Å². The number of carbonyl (C=O) groups is 1. The van der Waals surface area contributed by atoms with Gasteiger partial charge in [-0.1, -0.05) is 60.8 Å². The van der Waals surface area contributed by atoms with Crippen molar-refractivity contribution in [2.24, 2.45) is 4.99 Å². The molecule has 0 radical (unpaired) electrons. The van der Waals surface area contributed by atoms with Crippen molar-refractivity contribution in [2.75, 3.05) is 6.61 Å². The smallest absolute Gasteiger partial charge is 0.267 e. The van der Waals surface area contributed by atoms with E-state index >= 15 is 0 Å². The van der Waals surface area contributed by atoms with Crippen molar-refractivity contribution in [3.8, 4) is 5.75 Å². The Morgan fingerprint density at radius 1 is 1.05 bits per heavy atom. The zero-order valence-electron chi connectivity index (χ0n) is 21.8. The van der Waals surface area contributed by atoms with Crippen LogP contribution in [0.4, 0.5) is 5.69 Å². The molecule has 1 saturated carbocycles. The molecule has 7 heteroatoms. The topological polar surface area (TPSA) is 46.8 Å². The van der Waals surface area contributed by atoms with Gasteiger partial charge in [-0.2, -0.15) is 0 Å². The molecule has 6 rings (SSSR count). The Labute approximate surface area is 238 Å². The second-order valence-electron chi connectivity index (χ2n) is 10.0. The van der Waals surface area contributed by atoms with Gasteiger partial charge in [0.25, 0.3) is 5.91 Å². The number of thioether (sulfide) groups is 1. The van der Waals surface area contributed by atoms with Crippen molar-refractivity contribution in [3.63, 3.8) is 0 Å².